The van der Waals surface area contributed by atoms with Gasteiger partial charge >= 0.3 is 0 Å². The van der Waals surface area contributed by atoms with Gasteiger partial charge in [0.15, 0.2) is 0 Å². The van der Waals surface area contributed by atoms with Gasteiger partial charge in [-0.25, -0.2) is 0 Å². The number of rotatable bonds is 7. The van der Waals surface area contributed by atoms with Crippen molar-refractivity contribution < 1.29 is 4.74 Å². The van der Waals surface area contributed by atoms with E-state index in [9.17, 15) is 0 Å². The lowest BCUT2D eigenvalue weighted by atomic mass is 10.3. The van der Waals surface area contributed by atoms with Gasteiger partial charge in [-0.3, -0.25) is 0 Å². The fourth-order valence-electron chi connectivity index (χ4n) is 1.15. The van der Waals surface area contributed by atoms with Crippen LogP contribution in [0.15, 0.2) is 30.2 Å². The second kappa shape index (κ2) is 6.76. The highest BCUT2D eigenvalue weighted by Gasteiger charge is 2.03. The molecule has 0 aromatic carbocycles. The van der Waals surface area contributed by atoms with Crippen molar-refractivity contribution in [2.24, 2.45) is 0 Å². The van der Waals surface area contributed by atoms with E-state index in [1.165, 1.54) is 4.88 Å². The Morgan fingerprint density at radius 1 is 1.71 bits per heavy atom. The minimum atomic E-state index is 0.419. The first-order valence-corrected chi connectivity index (χ1v) is 5.68. The summed E-state index contributed by atoms with van der Waals surface area (Å²) in [6, 6.07) is 4.64. The predicted molar refractivity (Wildman–Crippen MR) is 61.8 cm³/mol. The first-order valence-electron chi connectivity index (χ1n) is 4.80. The molecule has 1 aromatic heterocycles. The number of nitrogens with one attached hydrogen (secondary N) is 1. The fraction of sp³-hybridized carbons (Fsp3) is 0.455. The third-order valence-corrected chi connectivity index (χ3v) is 2.96. The van der Waals surface area contributed by atoms with Crippen molar-refractivity contribution in [3.05, 3.63) is 35.0 Å². The van der Waals surface area contributed by atoms with E-state index in [2.05, 4.69) is 36.3 Å². The Morgan fingerprint density at radius 2 is 2.57 bits per heavy atom. The zero-order valence-corrected chi connectivity index (χ0v) is 9.35. The molecule has 1 heterocycles. The van der Waals surface area contributed by atoms with Crippen LogP contribution in [0.25, 0.3) is 0 Å². The smallest absolute Gasteiger partial charge is 0.0645 e. The van der Waals surface area contributed by atoms with Crippen LogP contribution in [0.3, 0.4) is 0 Å². The Labute approximate surface area is 89.6 Å². The summed E-state index contributed by atoms with van der Waals surface area (Å²) in [5, 5.41) is 5.49. The monoisotopic (exact) mass is 211 g/mol. The molecule has 14 heavy (non-hydrogen) atoms. The molecule has 0 spiro atoms. The molecule has 0 fully saturated rings. The van der Waals surface area contributed by atoms with Crippen LogP contribution in [-0.4, -0.2) is 19.8 Å². The quantitative estimate of drug-likeness (QED) is 0.553. The van der Waals surface area contributed by atoms with E-state index >= 15 is 0 Å². The SMILES string of the molecule is C=CCOCCNC(C)c1cccs1. The summed E-state index contributed by atoms with van der Waals surface area (Å²) in [6.07, 6.45) is 1.77. The minimum absolute atomic E-state index is 0.419. The lowest BCUT2D eigenvalue weighted by Crippen LogP contribution is -2.22. The van der Waals surface area contributed by atoms with Gasteiger partial charge in [-0.05, 0) is 18.4 Å². The first kappa shape index (κ1) is 11.4. The van der Waals surface area contributed by atoms with Crippen molar-refractivity contribution in [3.63, 3.8) is 0 Å². The molecule has 0 saturated heterocycles. The normalized spacial score (nSPS) is 12.6. The van der Waals surface area contributed by atoms with Gasteiger partial charge in [-0.2, -0.15) is 0 Å². The average Bonchev–Trinajstić information content (AvgIpc) is 2.70. The van der Waals surface area contributed by atoms with Gasteiger partial charge in [0.2, 0.25) is 0 Å². The minimum Gasteiger partial charge on any atom is -0.376 e. The van der Waals surface area contributed by atoms with Crippen LogP contribution in [0.1, 0.15) is 17.8 Å². The molecule has 0 radical (unpaired) electrons. The summed E-state index contributed by atoms with van der Waals surface area (Å²) in [7, 11) is 0. The maximum Gasteiger partial charge on any atom is 0.0645 e. The highest BCUT2D eigenvalue weighted by atomic mass is 32.1. The standard InChI is InChI=1S/C11H17NOS/c1-3-7-13-8-6-12-10(2)11-5-4-9-14-11/h3-5,9-10,12H,1,6-8H2,2H3. The summed E-state index contributed by atoms with van der Waals surface area (Å²) in [4.78, 5) is 1.37. The molecule has 0 saturated carbocycles. The summed E-state index contributed by atoms with van der Waals surface area (Å²) in [5.41, 5.74) is 0. The third-order valence-electron chi connectivity index (χ3n) is 1.90. The van der Waals surface area contributed by atoms with Crippen molar-refractivity contribution >= 4 is 11.3 Å². The Bertz CT molecular complexity index is 246. The van der Waals surface area contributed by atoms with Crippen LogP contribution < -0.4 is 5.32 Å². The fourth-order valence-corrected chi connectivity index (χ4v) is 1.91. The van der Waals surface area contributed by atoms with Gasteiger partial charge in [0.1, 0.15) is 0 Å². The maximum absolute atomic E-state index is 5.27. The van der Waals surface area contributed by atoms with Gasteiger partial charge < -0.3 is 10.1 Å². The lowest BCUT2D eigenvalue weighted by molar-refractivity contribution is 0.162. The van der Waals surface area contributed by atoms with E-state index in [4.69, 9.17) is 4.74 Å². The van der Waals surface area contributed by atoms with E-state index in [0.29, 0.717) is 12.6 Å². The molecule has 1 unspecified atom stereocenters. The van der Waals surface area contributed by atoms with Crippen molar-refractivity contribution in [2.75, 3.05) is 19.8 Å². The molecule has 3 heteroatoms. The van der Waals surface area contributed by atoms with Crippen molar-refractivity contribution in [3.8, 4) is 0 Å². The third kappa shape index (κ3) is 4.05. The molecule has 1 atom stereocenters. The largest absolute Gasteiger partial charge is 0.376 e. The zero-order valence-electron chi connectivity index (χ0n) is 8.53. The second-order valence-corrected chi connectivity index (χ2v) is 4.03. The molecule has 0 aliphatic heterocycles. The number of hydrogen-bond donors (Lipinski definition) is 1. The van der Waals surface area contributed by atoms with Gasteiger partial charge in [-0.15, -0.1) is 17.9 Å². The van der Waals surface area contributed by atoms with Gasteiger partial charge in [0.05, 0.1) is 13.2 Å². The number of hydrogen-bond acceptors (Lipinski definition) is 3. The topological polar surface area (TPSA) is 21.3 Å². The van der Waals surface area contributed by atoms with E-state index in [1.807, 2.05) is 0 Å². The predicted octanol–water partition coefficient (Wildman–Crippen LogP) is 2.60. The van der Waals surface area contributed by atoms with Crippen molar-refractivity contribution in [2.45, 2.75) is 13.0 Å². The van der Waals surface area contributed by atoms with Gasteiger partial charge in [0, 0.05) is 17.5 Å². The Balaban J connectivity index is 2.10. The van der Waals surface area contributed by atoms with Gasteiger partial charge in [0.25, 0.3) is 0 Å². The van der Waals surface area contributed by atoms with Crippen LogP contribution in [0.2, 0.25) is 0 Å². The maximum atomic E-state index is 5.27. The number of ether oxygens (including phenoxy) is 1. The molecule has 1 aromatic rings. The first-order chi connectivity index (χ1) is 6.84. The van der Waals surface area contributed by atoms with Gasteiger partial charge in [-0.1, -0.05) is 12.1 Å². The Morgan fingerprint density at radius 3 is 3.21 bits per heavy atom. The molecule has 78 valence electrons. The van der Waals surface area contributed by atoms with Crippen LogP contribution in [-0.2, 0) is 4.74 Å². The summed E-state index contributed by atoms with van der Waals surface area (Å²) in [6.45, 7) is 8.01. The zero-order chi connectivity index (χ0) is 10.2. The second-order valence-electron chi connectivity index (χ2n) is 3.05. The molecule has 0 aliphatic carbocycles. The summed E-state index contributed by atoms with van der Waals surface area (Å²) >= 11 is 1.78. The Kier molecular flexibility index (Phi) is 5.52. The molecule has 0 amide bonds. The molecular formula is C11H17NOS. The van der Waals surface area contributed by atoms with E-state index in [-0.39, 0.29) is 0 Å². The van der Waals surface area contributed by atoms with Crippen LogP contribution >= 0.6 is 11.3 Å². The summed E-state index contributed by atoms with van der Waals surface area (Å²) in [5.74, 6) is 0. The van der Waals surface area contributed by atoms with Crippen LogP contribution in [0, 0.1) is 0 Å². The number of thiophene rings is 1. The van der Waals surface area contributed by atoms with Crippen molar-refractivity contribution in [1.82, 2.24) is 5.32 Å². The molecule has 0 bridgehead atoms. The summed E-state index contributed by atoms with van der Waals surface area (Å²) < 4.78 is 5.27. The van der Waals surface area contributed by atoms with E-state index in [1.54, 1.807) is 17.4 Å². The Hall–Kier alpha value is -0.640. The lowest BCUT2D eigenvalue weighted by Gasteiger charge is -2.11. The van der Waals surface area contributed by atoms with Crippen molar-refractivity contribution in [1.29, 1.82) is 0 Å². The molecule has 2 nitrogen and oxygen atoms in total. The molecule has 1 N–H and O–H groups in total. The highest BCUT2D eigenvalue weighted by Crippen LogP contribution is 2.17. The van der Waals surface area contributed by atoms with E-state index in [0.717, 1.165) is 13.2 Å². The molecular weight excluding hydrogens is 194 g/mol. The highest BCUT2D eigenvalue weighted by molar-refractivity contribution is 7.10. The van der Waals surface area contributed by atoms with E-state index < -0.39 is 0 Å². The average molecular weight is 211 g/mol. The van der Waals surface area contributed by atoms with Crippen LogP contribution in [0.4, 0.5) is 0 Å². The molecule has 0 aliphatic rings. The molecule has 1 rings (SSSR count). The van der Waals surface area contributed by atoms with Crippen LogP contribution in [0.5, 0.6) is 0 Å².